The van der Waals surface area contributed by atoms with Crippen LogP contribution in [0.5, 0.6) is 0 Å². The minimum Gasteiger partial charge on any atom is -0.0622 e. The summed E-state index contributed by atoms with van der Waals surface area (Å²) in [5.41, 5.74) is 2.95. The first kappa shape index (κ1) is 13.9. The fourth-order valence-corrected chi connectivity index (χ4v) is 2.76. The first-order valence-corrected chi connectivity index (χ1v) is 7.36. The molecule has 0 aliphatic rings. The van der Waals surface area contributed by atoms with Crippen LogP contribution < -0.4 is 0 Å². The van der Waals surface area contributed by atoms with E-state index in [0.29, 0.717) is 11.8 Å². The van der Waals surface area contributed by atoms with Crippen molar-refractivity contribution in [1.29, 1.82) is 0 Å². The summed E-state index contributed by atoms with van der Waals surface area (Å²) >= 11 is 0. The Hall–Kier alpha value is -1.56. The van der Waals surface area contributed by atoms with E-state index < -0.39 is 0 Å². The zero-order valence-corrected chi connectivity index (χ0v) is 12.0. The summed E-state index contributed by atoms with van der Waals surface area (Å²) in [6, 6.07) is 21.8. The van der Waals surface area contributed by atoms with Crippen LogP contribution in [-0.4, -0.2) is 0 Å². The zero-order valence-electron chi connectivity index (χ0n) is 12.0. The molecule has 0 N–H and O–H groups in total. The van der Waals surface area contributed by atoms with Crippen LogP contribution in [0, 0.1) is 5.92 Å². The van der Waals surface area contributed by atoms with E-state index in [0.717, 1.165) is 0 Å². The largest absolute Gasteiger partial charge is 0.0622 e. The van der Waals surface area contributed by atoms with Gasteiger partial charge < -0.3 is 0 Å². The number of benzene rings is 2. The third-order valence-corrected chi connectivity index (χ3v) is 3.86. The molecule has 0 heterocycles. The average molecular weight is 252 g/mol. The Kier molecular flexibility index (Phi) is 5.20. The maximum absolute atomic E-state index is 2.33. The van der Waals surface area contributed by atoms with Gasteiger partial charge in [-0.25, -0.2) is 0 Å². The van der Waals surface area contributed by atoms with E-state index in [1.54, 1.807) is 0 Å². The van der Waals surface area contributed by atoms with Gasteiger partial charge in [-0.2, -0.15) is 0 Å². The van der Waals surface area contributed by atoms with Crippen molar-refractivity contribution in [3.05, 3.63) is 71.8 Å². The van der Waals surface area contributed by atoms with Crippen molar-refractivity contribution in [3.8, 4) is 0 Å². The van der Waals surface area contributed by atoms with Gasteiger partial charge in [0.1, 0.15) is 0 Å². The lowest BCUT2D eigenvalue weighted by molar-refractivity contribution is 0.455. The summed E-state index contributed by atoms with van der Waals surface area (Å²) in [6.07, 6.45) is 3.73. The molecule has 2 aromatic carbocycles. The lowest BCUT2D eigenvalue weighted by atomic mass is 9.84. The second-order valence-electron chi connectivity index (χ2n) is 5.64. The topological polar surface area (TPSA) is 0 Å². The lowest BCUT2D eigenvalue weighted by Gasteiger charge is -2.21. The van der Waals surface area contributed by atoms with Gasteiger partial charge in [-0.1, -0.05) is 74.5 Å². The van der Waals surface area contributed by atoms with Gasteiger partial charge in [0.15, 0.2) is 0 Å². The minimum absolute atomic E-state index is 0.685. The predicted molar refractivity (Wildman–Crippen MR) is 83.4 cm³/mol. The Labute approximate surface area is 117 Å². The first-order chi connectivity index (χ1) is 9.27. The third-order valence-electron chi connectivity index (χ3n) is 3.86. The summed E-state index contributed by atoms with van der Waals surface area (Å²) in [5.74, 6) is 1.39. The Bertz CT molecular complexity index is 456. The maximum atomic E-state index is 2.33. The molecule has 0 bridgehead atoms. The molecule has 0 saturated heterocycles. The number of hydrogen-bond acceptors (Lipinski definition) is 0. The summed E-state index contributed by atoms with van der Waals surface area (Å²) in [5, 5.41) is 0. The Morgan fingerprint density at radius 1 is 0.789 bits per heavy atom. The molecule has 2 aromatic rings. The normalized spacial score (nSPS) is 12.6. The van der Waals surface area contributed by atoms with E-state index >= 15 is 0 Å². The van der Waals surface area contributed by atoms with Crippen molar-refractivity contribution in [2.45, 2.75) is 39.0 Å². The van der Waals surface area contributed by atoms with Crippen molar-refractivity contribution >= 4 is 0 Å². The van der Waals surface area contributed by atoms with E-state index in [1.165, 1.54) is 30.4 Å². The molecule has 0 nitrogen and oxygen atoms in total. The molecule has 100 valence electrons. The maximum Gasteiger partial charge on any atom is -0.0139 e. The van der Waals surface area contributed by atoms with E-state index in [1.807, 2.05) is 0 Å². The molecule has 0 aromatic heterocycles. The summed E-state index contributed by atoms with van der Waals surface area (Å²) in [4.78, 5) is 0. The van der Waals surface area contributed by atoms with Crippen LogP contribution in [-0.2, 0) is 6.42 Å². The van der Waals surface area contributed by atoms with Crippen molar-refractivity contribution in [2.24, 2.45) is 5.92 Å². The highest BCUT2D eigenvalue weighted by Gasteiger charge is 2.14. The minimum atomic E-state index is 0.685. The molecule has 0 spiro atoms. The molecule has 0 aliphatic carbocycles. The molecule has 1 unspecified atom stereocenters. The van der Waals surface area contributed by atoms with Crippen LogP contribution in [0.4, 0.5) is 0 Å². The second kappa shape index (κ2) is 7.13. The van der Waals surface area contributed by atoms with Crippen LogP contribution in [0.15, 0.2) is 60.7 Å². The van der Waals surface area contributed by atoms with Gasteiger partial charge in [0.05, 0.1) is 0 Å². The monoisotopic (exact) mass is 252 g/mol. The SMILES string of the molecule is CC(C)C(CCCc1ccccc1)c1ccccc1. The van der Waals surface area contributed by atoms with Gasteiger partial charge in [-0.15, -0.1) is 0 Å². The molecule has 19 heavy (non-hydrogen) atoms. The summed E-state index contributed by atoms with van der Waals surface area (Å²) in [6.45, 7) is 4.67. The first-order valence-electron chi connectivity index (χ1n) is 7.36. The Morgan fingerprint density at radius 2 is 1.37 bits per heavy atom. The van der Waals surface area contributed by atoms with Crippen LogP contribution >= 0.6 is 0 Å². The third kappa shape index (κ3) is 4.24. The standard InChI is InChI=1S/C19H24/c1-16(2)19(18-13-7-4-8-14-18)15-9-12-17-10-5-3-6-11-17/h3-8,10-11,13-14,16,19H,9,12,15H2,1-2H3. The molecular formula is C19H24. The van der Waals surface area contributed by atoms with Gasteiger partial charge in [0, 0.05) is 0 Å². The molecule has 2 rings (SSSR count). The molecular weight excluding hydrogens is 228 g/mol. The summed E-state index contributed by atoms with van der Waals surface area (Å²) < 4.78 is 0. The van der Waals surface area contributed by atoms with E-state index in [-0.39, 0.29) is 0 Å². The highest BCUT2D eigenvalue weighted by atomic mass is 14.2. The van der Waals surface area contributed by atoms with Crippen LogP contribution in [0.25, 0.3) is 0 Å². The molecule has 0 aliphatic heterocycles. The van der Waals surface area contributed by atoms with E-state index in [9.17, 15) is 0 Å². The second-order valence-corrected chi connectivity index (χ2v) is 5.64. The van der Waals surface area contributed by atoms with Gasteiger partial charge in [0.2, 0.25) is 0 Å². The van der Waals surface area contributed by atoms with Gasteiger partial charge >= 0.3 is 0 Å². The Balaban J connectivity index is 1.92. The smallest absolute Gasteiger partial charge is 0.0139 e. The predicted octanol–water partition coefficient (Wildman–Crippen LogP) is 5.45. The van der Waals surface area contributed by atoms with Gasteiger partial charge in [-0.3, -0.25) is 0 Å². The van der Waals surface area contributed by atoms with Crippen LogP contribution in [0.1, 0.15) is 43.7 Å². The van der Waals surface area contributed by atoms with Crippen molar-refractivity contribution in [3.63, 3.8) is 0 Å². The molecule has 0 heteroatoms. The van der Waals surface area contributed by atoms with Crippen molar-refractivity contribution < 1.29 is 0 Å². The van der Waals surface area contributed by atoms with Gasteiger partial charge in [-0.05, 0) is 42.2 Å². The van der Waals surface area contributed by atoms with Crippen LogP contribution in [0.2, 0.25) is 0 Å². The van der Waals surface area contributed by atoms with Gasteiger partial charge in [0.25, 0.3) is 0 Å². The number of aryl methyl sites for hydroxylation is 1. The highest BCUT2D eigenvalue weighted by molar-refractivity contribution is 5.20. The van der Waals surface area contributed by atoms with E-state index in [2.05, 4.69) is 74.5 Å². The molecule has 0 fully saturated rings. The Morgan fingerprint density at radius 3 is 1.95 bits per heavy atom. The van der Waals surface area contributed by atoms with E-state index in [4.69, 9.17) is 0 Å². The highest BCUT2D eigenvalue weighted by Crippen LogP contribution is 2.29. The molecule has 0 saturated carbocycles. The number of hydrogen-bond donors (Lipinski definition) is 0. The fraction of sp³-hybridized carbons (Fsp3) is 0.368. The number of rotatable bonds is 6. The van der Waals surface area contributed by atoms with Crippen molar-refractivity contribution in [1.82, 2.24) is 0 Å². The zero-order chi connectivity index (χ0) is 13.5. The quantitative estimate of drug-likeness (QED) is 0.641. The van der Waals surface area contributed by atoms with Crippen molar-refractivity contribution in [2.75, 3.05) is 0 Å². The molecule has 0 amide bonds. The lowest BCUT2D eigenvalue weighted by Crippen LogP contribution is -2.07. The molecule has 0 radical (unpaired) electrons. The molecule has 1 atom stereocenters. The summed E-state index contributed by atoms with van der Waals surface area (Å²) in [7, 11) is 0. The fourth-order valence-electron chi connectivity index (χ4n) is 2.76. The van der Waals surface area contributed by atoms with Crippen LogP contribution in [0.3, 0.4) is 0 Å². The average Bonchev–Trinajstić information content (AvgIpc) is 2.45.